The number of rotatable bonds is 3. The lowest BCUT2D eigenvalue weighted by Gasteiger charge is -2.11. The SMILES string of the molecule is Cc1ccc(C2CC(C(=O)Nc3ccc(Cl)cc3F)NN2)cc1. The molecule has 0 aliphatic carbocycles. The lowest BCUT2D eigenvalue weighted by atomic mass is 10.0. The van der Waals surface area contributed by atoms with Gasteiger partial charge in [-0.15, -0.1) is 0 Å². The molecular weight excluding hydrogens is 317 g/mol. The van der Waals surface area contributed by atoms with Crippen molar-refractivity contribution in [3.8, 4) is 0 Å². The Morgan fingerprint density at radius 2 is 1.96 bits per heavy atom. The van der Waals surface area contributed by atoms with Crippen molar-refractivity contribution in [1.29, 1.82) is 0 Å². The summed E-state index contributed by atoms with van der Waals surface area (Å²) in [6.45, 7) is 2.03. The van der Waals surface area contributed by atoms with Crippen molar-refractivity contribution in [1.82, 2.24) is 10.9 Å². The first-order valence-corrected chi connectivity index (χ1v) is 7.74. The van der Waals surface area contributed by atoms with Crippen molar-refractivity contribution in [3.63, 3.8) is 0 Å². The van der Waals surface area contributed by atoms with Crippen LogP contribution in [0.15, 0.2) is 42.5 Å². The molecule has 0 spiro atoms. The Kier molecular flexibility index (Phi) is 4.61. The maximum atomic E-state index is 13.7. The number of benzene rings is 2. The molecule has 1 aliphatic rings. The second-order valence-corrected chi connectivity index (χ2v) is 6.09. The zero-order chi connectivity index (χ0) is 16.4. The molecule has 2 aromatic rings. The van der Waals surface area contributed by atoms with Gasteiger partial charge in [0.1, 0.15) is 11.9 Å². The molecule has 2 unspecified atom stereocenters. The highest BCUT2D eigenvalue weighted by Crippen LogP contribution is 2.24. The molecule has 0 aromatic heterocycles. The molecule has 4 nitrogen and oxygen atoms in total. The first kappa shape index (κ1) is 15.9. The second-order valence-electron chi connectivity index (χ2n) is 5.65. The van der Waals surface area contributed by atoms with Crippen LogP contribution in [0, 0.1) is 12.7 Å². The molecule has 1 saturated heterocycles. The molecule has 3 rings (SSSR count). The largest absolute Gasteiger partial charge is 0.322 e. The molecular formula is C17H17ClFN3O. The predicted octanol–water partition coefficient (Wildman–Crippen LogP) is 3.33. The third-order valence-electron chi connectivity index (χ3n) is 3.89. The van der Waals surface area contributed by atoms with Gasteiger partial charge in [0, 0.05) is 11.1 Å². The summed E-state index contributed by atoms with van der Waals surface area (Å²) >= 11 is 5.70. The summed E-state index contributed by atoms with van der Waals surface area (Å²) in [5.41, 5.74) is 8.49. The number of hydrazine groups is 1. The molecule has 2 aromatic carbocycles. The van der Waals surface area contributed by atoms with E-state index in [0.717, 1.165) is 5.56 Å². The molecule has 1 amide bonds. The van der Waals surface area contributed by atoms with Crippen LogP contribution >= 0.6 is 11.6 Å². The number of anilines is 1. The summed E-state index contributed by atoms with van der Waals surface area (Å²) in [5, 5.41) is 2.88. The molecule has 0 bridgehead atoms. The van der Waals surface area contributed by atoms with Crippen LogP contribution in [0.1, 0.15) is 23.6 Å². The lowest BCUT2D eigenvalue weighted by molar-refractivity contribution is -0.117. The zero-order valence-electron chi connectivity index (χ0n) is 12.6. The molecule has 1 fully saturated rings. The molecule has 0 saturated carbocycles. The third kappa shape index (κ3) is 3.69. The van der Waals surface area contributed by atoms with Gasteiger partial charge in [-0.3, -0.25) is 4.79 Å². The minimum atomic E-state index is -0.549. The van der Waals surface area contributed by atoms with Crippen LogP contribution in [0.3, 0.4) is 0 Å². The van der Waals surface area contributed by atoms with Crippen LogP contribution < -0.4 is 16.2 Å². The highest BCUT2D eigenvalue weighted by molar-refractivity contribution is 6.30. The first-order valence-electron chi connectivity index (χ1n) is 7.36. The van der Waals surface area contributed by atoms with Gasteiger partial charge < -0.3 is 5.32 Å². The van der Waals surface area contributed by atoms with Gasteiger partial charge in [-0.05, 0) is 37.1 Å². The van der Waals surface area contributed by atoms with Gasteiger partial charge in [0.05, 0.1) is 5.69 Å². The van der Waals surface area contributed by atoms with Gasteiger partial charge in [0.25, 0.3) is 0 Å². The van der Waals surface area contributed by atoms with E-state index in [0.29, 0.717) is 11.4 Å². The van der Waals surface area contributed by atoms with Crippen LogP contribution in [-0.2, 0) is 4.79 Å². The van der Waals surface area contributed by atoms with E-state index in [1.54, 1.807) is 0 Å². The van der Waals surface area contributed by atoms with Crippen molar-refractivity contribution in [2.75, 3.05) is 5.32 Å². The lowest BCUT2D eigenvalue weighted by Crippen LogP contribution is -2.39. The fourth-order valence-corrected chi connectivity index (χ4v) is 2.71. The maximum Gasteiger partial charge on any atom is 0.243 e. The number of aryl methyl sites for hydroxylation is 1. The molecule has 0 radical (unpaired) electrons. The highest BCUT2D eigenvalue weighted by Gasteiger charge is 2.30. The molecule has 3 N–H and O–H groups in total. The number of hydrogen-bond donors (Lipinski definition) is 3. The molecule has 2 atom stereocenters. The number of amides is 1. The Hall–Kier alpha value is -1.95. The Morgan fingerprint density at radius 3 is 2.65 bits per heavy atom. The van der Waals surface area contributed by atoms with E-state index in [1.807, 2.05) is 31.2 Å². The Morgan fingerprint density at radius 1 is 1.22 bits per heavy atom. The highest BCUT2D eigenvalue weighted by atomic mass is 35.5. The fourth-order valence-electron chi connectivity index (χ4n) is 2.56. The van der Waals surface area contributed by atoms with Crippen molar-refractivity contribution in [2.24, 2.45) is 0 Å². The van der Waals surface area contributed by atoms with Gasteiger partial charge in [-0.1, -0.05) is 41.4 Å². The summed E-state index contributed by atoms with van der Waals surface area (Å²) in [6.07, 6.45) is 0.587. The smallest absolute Gasteiger partial charge is 0.243 e. The molecule has 120 valence electrons. The van der Waals surface area contributed by atoms with E-state index in [2.05, 4.69) is 16.2 Å². The molecule has 23 heavy (non-hydrogen) atoms. The predicted molar refractivity (Wildman–Crippen MR) is 88.6 cm³/mol. The fraction of sp³-hybridized carbons (Fsp3) is 0.235. The average Bonchev–Trinajstić information content (AvgIpc) is 3.01. The first-order chi connectivity index (χ1) is 11.0. The van der Waals surface area contributed by atoms with Gasteiger partial charge in [-0.2, -0.15) is 0 Å². The Bertz CT molecular complexity index is 720. The number of nitrogens with one attached hydrogen (secondary N) is 3. The van der Waals surface area contributed by atoms with Gasteiger partial charge in [-0.25, -0.2) is 15.2 Å². The van der Waals surface area contributed by atoms with Crippen LogP contribution in [0.4, 0.5) is 10.1 Å². The van der Waals surface area contributed by atoms with Crippen molar-refractivity contribution in [3.05, 3.63) is 64.4 Å². The van der Waals surface area contributed by atoms with Crippen LogP contribution in [-0.4, -0.2) is 11.9 Å². The van der Waals surface area contributed by atoms with Crippen molar-refractivity contribution in [2.45, 2.75) is 25.4 Å². The third-order valence-corrected chi connectivity index (χ3v) is 4.12. The Labute approximate surface area is 139 Å². The van der Waals surface area contributed by atoms with Crippen molar-refractivity contribution >= 4 is 23.2 Å². The summed E-state index contributed by atoms with van der Waals surface area (Å²) < 4.78 is 13.7. The standard InChI is InChI=1S/C17H17ClFN3O/c1-10-2-4-11(5-3-10)15-9-16(22-21-15)17(23)20-14-7-6-12(18)8-13(14)19/h2-8,15-16,21-22H,9H2,1H3,(H,20,23). The van der Waals surface area contributed by atoms with Gasteiger partial charge >= 0.3 is 0 Å². The number of carbonyl (C=O) groups is 1. The summed E-state index contributed by atoms with van der Waals surface area (Å²) in [5.74, 6) is -0.833. The molecule has 1 heterocycles. The zero-order valence-corrected chi connectivity index (χ0v) is 13.3. The molecule has 1 aliphatic heterocycles. The summed E-state index contributed by atoms with van der Waals surface area (Å²) in [7, 11) is 0. The van der Waals surface area contributed by atoms with Crippen LogP contribution in [0.2, 0.25) is 5.02 Å². The van der Waals surface area contributed by atoms with Crippen LogP contribution in [0.25, 0.3) is 0 Å². The van der Waals surface area contributed by atoms with Gasteiger partial charge in [0.2, 0.25) is 5.91 Å². The number of carbonyl (C=O) groups excluding carboxylic acids is 1. The summed E-state index contributed by atoms with van der Waals surface area (Å²) in [6, 6.07) is 11.9. The number of halogens is 2. The van der Waals surface area contributed by atoms with Gasteiger partial charge in [0.15, 0.2) is 0 Å². The topological polar surface area (TPSA) is 53.2 Å². The minimum Gasteiger partial charge on any atom is -0.322 e. The second kappa shape index (κ2) is 6.66. The van der Waals surface area contributed by atoms with E-state index in [-0.39, 0.29) is 17.6 Å². The number of hydrogen-bond acceptors (Lipinski definition) is 3. The minimum absolute atomic E-state index is 0.0430. The Balaban J connectivity index is 1.64. The monoisotopic (exact) mass is 333 g/mol. The normalized spacial score (nSPS) is 20.5. The van der Waals surface area contributed by atoms with E-state index in [9.17, 15) is 9.18 Å². The molecule has 6 heteroatoms. The average molecular weight is 334 g/mol. The van der Waals surface area contributed by atoms with E-state index in [4.69, 9.17) is 11.6 Å². The van der Waals surface area contributed by atoms with E-state index in [1.165, 1.54) is 23.8 Å². The quantitative estimate of drug-likeness (QED) is 0.807. The summed E-state index contributed by atoms with van der Waals surface area (Å²) in [4.78, 5) is 12.3. The van der Waals surface area contributed by atoms with E-state index >= 15 is 0 Å². The van der Waals surface area contributed by atoms with E-state index < -0.39 is 11.9 Å². The van der Waals surface area contributed by atoms with Crippen LogP contribution in [0.5, 0.6) is 0 Å². The van der Waals surface area contributed by atoms with Crippen molar-refractivity contribution < 1.29 is 9.18 Å². The maximum absolute atomic E-state index is 13.7.